The lowest BCUT2D eigenvalue weighted by Crippen LogP contribution is -2.23. The monoisotopic (exact) mass is 439 g/mol. The van der Waals surface area contributed by atoms with E-state index in [0.717, 1.165) is 15.9 Å². The van der Waals surface area contributed by atoms with E-state index in [0.29, 0.717) is 36.1 Å². The van der Waals surface area contributed by atoms with Gasteiger partial charge in [0.15, 0.2) is 5.76 Å². The van der Waals surface area contributed by atoms with E-state index in [9.17, 15) is 9.59 Å². The van der Waals surface area contributed by atoms with E-state index >= 15 is 0 Å². The Kier molecular flexibility index (Phi) is 8.18. The number of carbonyl (C=O) groups is 2. The quantitative estimate of drug-likeness (QED) is 0.577. The number of thioether (sulfide) groups is 1. The zero-order valence-corrected chi connectivity index (χ0v) is 17.2. The zero-order valence-electron chi connectivity index (χ0n) is 14.8. The van der Waals surface area contributed by atoms with Crippen molar-refractivity contribution in [2.45, 2.75) is 32.7 Å². The van der Waals surface area contributed by atoms with Crippen molar-refractivity contribution in [3.8, 4) is 0 Å². The average molecular weight is 440 g/mol. The third-order valence-corrected chi connectivity index (χ3v) is 4.95. The molecule has 2 N–H and O–H groups in total. The Morgan fingerprint density at radius 2 is 1.96 bits per heavy atom. The van der Waals surface area contributed by atoms with Gasteiger partial charge in [0.2, 0.25) is 11.8 Å². The van der Waals surface area contributed by atoms with Gasteiger partial charge < -0.3 is 15.2 Å². The van der Waals surface area contributed by atoms with Crippen LogP contribution in [0.5, 0.6) is 0 Å². The lowest BCUT2D eigenvalue weighted by atomic mass is 10.1. The zero-order chi connectivity index (χ0) is 18.9. The van der Waals surface area contributed by atoms with Gasteiger partial charge >= 0.3 is 0 Å². The number of benzene rings is 1. The average Bonchev–Trinajstić information content (AvgIpc) is 3.08. The Bertz CT molecular complexity index is 732. The maximum Gasteiger partial charge on any atom is 0.234 e. The lowest BCUT2D eigenvalue weighted by molar-refractivity contribution is -0.121. The molecular weight excluding hydrogens is 418 g/mol. The van der Waals surface area contributed by atoms with Crippen LogP contribution in [0.2, 0.25) is 0 Å². The molecule has 2 aromatic rings. The van der Waals surface area contributed by atoms with Gasteiger partial charge in [0.25, 0.3) is 0 Å². The van der Waals surface area contributed by atoms with Crippen LogP contribution < -0.4 is 10.6 Å². The Hall–Kier alpha value is -1.80. The molecule has 0 radical (unpaired) electrons. The van der Waals surface area contributed by atoms with Gasteiger partial charge in [-0.3, -0.25) is 9.59 Å². The van der Waals surface area contributed by atoms with Gasteiger partial charge in [0.05, 0.1) is 18.0 Å². The molecule has 2 amide bonds. The molecule has 0 atom stereocenters. The van der Waals surface area contributed by atoms with Crippen molar-refractivity contribution in [1.82, 2.24) is 10.5 Å². The van der Waals surface area contributed by atoms with Crippen molar-refractivity contribution in [1.29, 1.82) is 0 Å². The molecule has 1 aromatic carbocycles. The van der Waals surface area contributed by atoms with Crippen molar-refractivity contribution < 1.29 is 14.1 Å². The first-order valence-corrected chi connectivity index (χ1v) is 10.2. The molecule has 0 bridgehead atoms. The van der Waals surface area contributed by atoms with Crippen molar-refractivity contribution in [3.05, 3.63) is 46.3 Å². The van der Waals surface area contributed by atoms with E-state index in [4.69, 9.17) is 4.52 Å². The first-order valence-electron chi connectivity index (χ1n) is 8.29. The Labute approximate surface area is 165 Å². The van der Waals surface area contributed by atoms with Gasteiger partial charge in [0.1, 0.15) is 0 Å². The molecule has 1 aromatic heterocycles. The maximum atomic E-state index is 11.8. The van der Waals surface area contributed by atoms with Gasteiger partial charge in [-0.1, -0.05) is 34.9 Å². The fourth-order valence-corrected chi connectivity index (χ4v) is 3.01. The molecule has 0 aliphatic heterocycles. The number of hydrogen-bond donors (Lipinski definition) is 2. The highest BCUT2D eigenvalue weighted by Crippen LogP contribution is 2.15. The summed E-state index contributed by atoms with van der Waals surface area (Å²) in [7, 11) is 0. The van der Waals surface area contributed by atoms with Crippen molar-refractivity contribution in [2.75, 3.05) is 16.8 Å². The number of hydrogen-bond acceptors (Lipinski definition) is 5. The molecule has 0 unspecified atom stereocenters. The summed E-state index contributed by atoms with van der Waals surface area (Å²) in [6, 6.07) is 9.24. The highest BCUT2D eigenvalue weighted by atomic mass is 79.9. The normalized spacial score (nSPS) is 10.8. The fraction of sp³-hybridized carbons (Fsp3) is 0.389. The third kappa shape index (κ3) is 7.21. The van der Waals surface area contributed by atoms with Gasteiger partial charge in [-0.25, -0.2) is 0 Å². The van der Waals surface area contributed by atoms with Crippen LogP contribution in [-0.2, 0) is 16.1 Å². The van der Waals surface area contributed by atoms with Crippen LogP contribution in [0.4, 0.5) is 5.69 Å². The second kappa shape index (κ2) is 10.4. The minimum atomic E-state index is -0.0828. The predicted molar refractivity (Wildman–Crippen MR) is 107 cm³/mol. The smallest absolute Gasteiger partial charge is 0.234 e. The van der Waals surface area contributed by atoms with Crippen LogP contribution in [0.1, 0.15) is 37.6 Å². The predicted octanol–water partition coefficient (Wildman–Crippen LogP) is 3.94. The molecule has 0 saturated carbocycles. The fourth-order valence-electron chi connectivity index (χ4n) is 2.02. The van der Waals surface area contributed by atoms with Gasteiger partial charge in [0, 0.05) is 28.4 Å². The standard InChI is InChI=1S/C18H22BrN3O3S/c1-12(2)16-9-15(25-22-16)10-20-17(23)7-8-26-11-18(24)21-14-5-3-13(19)4-6-14/h3-6,9,12H,7-8,10-11H2,1-2H3,(H,20,23)(H,21,24). The number of halogens is 1. The summed E-state index contributed by atoms with van der Waals surface area (Å²) in [4.78, 5) is 23.7. The van der Waals surface area contributed by atoms with E-state index in [1.165, 1.54) is 11.8 Å². The molecule has 0 saturated heterocycles. The summed E-state index contributed by atoms with van der Waals surface area (Å²) >= 11 is 4.77. The first kappa shape index (κ1) is 20.5. The van der Waals surface area contributed by atoms with E-state index in [-0.39, 0.29) is 11.8 Å². The molecule has 1 heterocycles. The van der Waals surface area contributed by atoms with E-state index in [2.05, 4.69) is 31.7 Å². The van der Waals surface area contributed by atoms with E-state index in [1.807, 2.05) is 44.2 Å². The molecular formula is C18H22BrN3O3S. The molecule has 0 fully saturated rings. The summed E-state index contributed by atoms with van der Waals surface area (Å²) in [5.74, 6) is 1.66. The minimum Gasteiger partial charge on any atom is -0.359 e. The Morgan fingerprint density at radius 3 is 2.62 bits per heavy atom. The second-order valence-electron chi connectivity index (χ2n) is 6.01. The molecule has 2 rings (SSSR count). The summed E-state index contributed by atoms with van der Waals surface area (Å²) in [5.41, 5.74) is 1.63. The van der Waals surface area contributed by atoms with Gasteiger partial charge in [-0.15, -0.1) is 0 Å². The van der Waals surface area contributed by atoms with Gasteiger partial charge in [-0.05, 0) is 30.2 Å². The Morgan fingerprint density at radius 1 is 1.23 bits per heavy atom. The number of nitrogens with one attached hydrogen (secondary N) is 2. The molecule has 0 spiro atoms. The number of rotatable bonds is 9. The van der Waals surface area contributed by atoms with E-state index < -0.39 is 0 Å². The van der Waals surface area contributed by atoms with Crippen molar-refractivity contribution in [3.63, 3.8) is 0 Å². The third-order valence-electron chi connectivity index (χ3n) is 3.46. The topological polar surface area (TPSA) is 84.2 Å². The maximum absolute atomic E-state index is 11.8. The van der Waals surface area contributed by atoms with Crippen LogP contribution in [0.25, 0.3) is 0 Å². The highest BCUT2D eigenvalue weighted by Gasteiger charge is 2.09. The molecule has 140 valence electrons. The van der Waals surface area contributed by atoms with E-state index in [1.54, 1.807) is 0 Å². The van der Waals surface area contributed by atoms with Crippen molar-refractivity contribution in [2.24, 2.45) is 0 Å². The number of aromatic nitrogens is 1. The first-order chi connectivity index (χ1) is 12.4. The molecule has 26 heavy (non-hydrogen) atoms. The SMILES string of the molecule is CC(C)c1cc(CNC(=O)CCSCC(=O)Nc2ccc(Br)cc2)on1. The van der Waals surface area contributed by atoms with Crippen molar-refractivity contribution >= 4 is 45.2 Å². The molecule has 8 heteroatoms. The summed E-state index contributed by atoms with van der Waals surface area (Å²) in [6.07, 6.45) is 0.349. The summed E-state index contributed by atoms with van der Waals surface area (Å²) in [5, 5.41) is 9.56. The van der Waals surface area contributed by atoms with Crippen LogP contribution in [0, 0.1) is 0 Å². The molecule has 0 aliphatic rings. The summed E-state index contributed by atoms with van der Waals surface area (Å²) < 4.78 is 6.13. The van der Waals surface area contributed by atoms with Crippen LogP contribution in [0.15, 0.2) is 39.3 Å². The van der Waals surface area contributed by atoms with Crippen LogP contribution >= 0.6 is 27.7 Å². The number of anilines is 1. The van der Waals surface area contributed by atoms with Crippen LogP contribution in [0.3, 0.4) is 0 Å². The molecule has 6 nitrogen and oxygen atoms in total. The second-order valence-corrected chi connectivity index (χ2v) is 8.03. The Balaban J connectivity index is 1.59. The largest absolute Gasteiger partial charge is 0.359 e. The van der Waals surface area contributed by atoms with Gasteiger partial charge in [-0.2, -0.15) is 11.8 Å². The summed E-state index contributed by atoms with van der Waals surface area (Å²) in [6.45, 7) is 4.39. The highest BCUT2D eigenvalue weighted by molar-refractivity contribution is 9.10. The minimum absolute atomic E-state index is 0.0756. The molecule has 0 aliphatic carbocycles. The number of nitrogens with zero attached hydrogens (tertiary/aromatic N) is 1. The lowest BCUT2D eigenvalue weighted by Gasteiger charge is -2.05. The number of amides is 2. The van der Waals surface area contributed by atoms with Crippen LogP contribution in [-0.4, -0.2) is 28.5 Å². The number of carbonyl (C=O) groups excluding carboxylic acids is 2.